The van der Waals surface area contributed by atoms with Crippen molar-refractivity contribution in [2.75, 3.05) is 26.3 Å². The molecule has 1 aromatic rings. The molecule has 0 aromatic heterocycles. The number of carbonyl (C=O) groups excluding carboxylic acids is 1. The van der Waals surface area contributed by atoms with Gasteiger partial charge in [-0.15, -0.1) is 0 Å². The molecule has 0 amide bonds. The lowest BCUT2D eigenvalue weighted by atomic mass is 9.69. The minimum absolute atomic E-state index is 0.114. The predicted molar refractivity (Wildman–Crippen MR) is 119 cm³/mol. The predicted octanol–water partition coefficient (Wildman–Crippen LogP) is 3.79. The number of nitrogens with two attached hydrogens (primary N) is 1. The fourth-order valence-electron chi connectivity index (χ4n) is 4.98. The molecule has 0 bridgehead atoms. The molecule has 2 heterocycles. The Balaban J connectivity index is 1.88. The van der Waals surface area contributed by atoms with Gasteiger partial charge in [0.1, 0.15) is 5.82 Å². The molecule has 1 aliphatic carbocycles. The molecular weight excluding hydrogens is 388 g/mol. The topological polar surface area (TPSA) is 82.6 Å². The fraction of sp³-hybridized carbons (Fsp3) is 0.520. The standard InChI is InChI=1S/C25H32N4O2/c1-16(2)17-5-7-18(8-6-17)22-19(15-26)24(27)29(28-9-11-31-12-10-28)20-13-25(3,4)14-21(30)23(20)22/h5-8,16,22H,9-14,27H2,1-4H3. The normalized spacial score (nSPS) is 24.5. The highest BCUT2D eigenvalue weighted by molar-refractivity contribution is 6.00. The van der Waals surface area contributed by atoms with Gasteiger partial charge in [0.15, 0.2) is 5.78 Å². The largest absolute Gasteiger partial charge is 0.383 e. The van der Waals surface area contributed by atoms with Crippen LogP contribution in [0.2, 0.25) is 0 Å². The summed E-state index contributed by atoms with van der Waals surface area (Å²) in [6.07, 6.45) is 1.22. The summed E-state index contributed by atoms with van der Waals surface area (Å²) in [5, 5.41) is 14.2. The number of nitrogens with zero attached hydrogens (tertiary/aromatic N) is 3. The monoisotopic (exact) mass is 420 g/mol. The van der Waals surface area contributed by atoms with Gasteiger partial charge >= 0.3 is 0 Å². The summed E-state index contributed by atoms with van der Waals surface area (Å²) >= 11 is 0. The van der Waals surface area contributed by atoms with E-state index >= 15 is 0 Å². The lowest BCUT2D eigenvalue weighted by Gasteiger charge is -2.48. The SMILES string of the molecule is CC(C)c1ccc(C2C(C#N)=C(N)N(N3CCOCC3)C3=C2C(=O)CC(C)(C)C3)cc1. The minimum atomic E-state index is -0.415. The van der Waals surface area contributed by atoms with Gasteiger partial charge in [0.05, 0.1) is 30.8 Å². The number of ether oxygens (including phenoxy) is 1. The van der Waals surface area contributed by atoms with Gasteiger partial charge in [-0.2, -0.15) is 5.26 Å². The van der Waals surface area contributed by atoms with Crippen molar-refractivity contribution < 1.29 is 9.53 Å². The fourth-order valence-corrected chi connectivity index (χ4v) is 4.98. The number of morpholine rings is 1. The van der Waals surface area contributed by atoms with Crippen molar-refractivity contribution >= 4 is 5.78 Å². The Kier molecular flexibility index (Phi) is 5.67. The lowest BCUT2D eigenvalue weighted by molar-refractivity contribution is -0.119. The van der Waals surface area contributed by atoms with Gasteiger partial charge in [-0.3, -0.25) is 9.80 Å². The van der Waals surface area contributed by atoms with Crippen LogP contribution >= 0.6 is 0 Å². The van der Waals surface area contributed by atoms with E-state index in [9.17, 15) is 10.1 Å². The number of carbonyl (C=O) groups is 1. The first-order valence-electron chi connectivity index (χ1n) is 11.1. The average molecular weight is 421 g/mol. The smallest absolute Gasteiger partial charge is 0.162 e. The molecule has 1 aromatic carbocycles. The summed E-state index contributed by atoms with van der Waals surface area (Å²) in [4.78, 5) is 13.5. The number of benzene rings is 1. The molecule has 2 aliphatic heterocycles. The second kappa shape index (κ2) is 8.14. The van der Waals surface area contributed by atoms with Crippen LogP contribution in [0.1, 0.15) is 63.5 Å². The van der Waals surface area contributed by atoms with Crippen molar-refractivity contribution in [3.8, 4) is 6.07 Å². The Hall–Kier alpha value is -2.62. The second-order valence-electron chi connectivity index (χ2n) is 9.84. The number of hydrazine groups is 1. The summed E-state index contributed by atoms with van der Waals surface area (Å²) in [7, 11) is 0. The zero-order chi connectivity index (χ0) is 22.3. The molecule has 4 rings (SSSR count). The Bertz CT molecular complexity index is 976. The summed E-state index contributed by atoms with van der Waals surface area (Å²) in [6.45, 7) is 11.1. The summed E-state index contributed by atoms with van der Waals surface area (Å²) in [5.74, 6) is 0.552. The maximum Gasteiger partial charge on any atom is 0.162 e. The van der Waals surface area contributed by atoms with Gasteiger partial charge in [-0.05, 0) is 28.9 Å². The molecule has 3 aliphatic rings. The first-order valence-corrected chi connectivity index (χ1v) is 11.1. The van der Waals surface area contributed by atoms with E-state index < -0.39 is 5.92 Å². The third kappa shape index (κ3) is 3.88. The second-order valence-corrected chi connectivity index (χ2v) is 9.84. The van der Waals surface area contributed by atoms with E-state index in [1.54, 1.807) is 0 Å². The van der Waals surface area contributed by atoms with Crippen LogP contribution in [0.15, 0.2) is 46.9 Å². The zero-order valence-electron chi connectivity index (χ0n) is 18.9. The highest BCUT2D eigenvalue weighted by Gasteiger charge is 2.45. The molecule has 1 atom stereocenters. The Morgan fingerprint density at radius 1 is 1.16 bits per heavy atom. The first-order chi connectivity index (χ1) is 14.7. The maximum absolute atomic E-state index is 13.5. The summed E-state index contributed by atoms with van der Waals surface area (Å²) in [6, 6.07) is 10.6. The van der Waals surface area contributed by atoms with Gasteiger partial charge in [0, 0.05) is 30.8 Å². The van der Waals surface area contributed by atoms with Crippen LogP contribution < -0.4 is 5.73 Å². The molecule has 164 valence electrons. The van der Waals surface area contributed by atoms with Gasteiger partial charge in [0.25, 0.3) is 0 Å². The quantitative estimate of drug-likeness (QED) is 0.801. The summed E-state index contributed by atoms with van der Waals surface area (Å²) < 4.78 is 5.52. The molecule has 31 heavy (non-hydrogen) atoms. The minimum Gasteiger partial charge on any atom is -0.383 e. The molecule has 1 unspecified atom stereocenters. The molecule has 6 heteroatoms. The molecule has 0 saturated carbocycles. The van der Waals surface area contributed by atoms with Crippen LogP contribution in [-0.4, -0.2) is 42.1 Å². The number of hydrogen-bond donors (Lipinski definition) is 1. The number of hydrogen-bond acceptors (Lipinski definition) is 6. The van der Waals surface area contributed by atoms with Crippen LogP contribution in [0, 0.1) is 16.7 Å². The molecular formula is C25H32N4O2. The third-order valence-corrected chi connectivity index (χ3v) is 6.56. The van der Waals surface area contributed by atoms with E-state index in [0.717, 1.165) is 23.3 Å². The zero-order valence-corrected chi connectivity index (χ0v) is 18.9. The van der Waals surface area contributed by atoms with E-state index in [0.29, 0.717) is 50.0 Å². The van der Waals surface area contributed by atoms with E-state index in [2.05, 4.69) is 50.9 Å². The lowest BCUT2D eigenvalue weighted by Crippen LogP contribution is -2.53. The summed E-state index contributed by atoms with van der Waals surface area (Å²) in [5.41, 5.74) is 10.8. The molecule has 1 saturated heterocycles. The van der Waals surface area contributed by atoms with Crippen molar-refractivity contribution in [2.45, 2.75) is 52.4 Å². The molecule has 6 nitrogen and oxygen atoms in total. The van der Waals surface area contributed by atoms with Crippen molar-refractivity contribution in [3.63, 3.8) is 0 Å². The van der Waals surface area contributed by atoms with Crippen molar-refractivity contribution in [1.29, 1.82) is 5.26 Å². The Morgan fingerprint density at radius 2 is 1.81 bits per heavy atom. The number of ketones is 1. The van der Waals surface area contributed by atoms with Gasteiger partial charge in [-0.25, -0.2) is 5.01 Å². The van der Waals surface area contributed by atoms with Crippen LogP contribution in [0.3, 0.4) is 0 Å². The highest BCUT2D eigenvalue weighted by Crippen LogP contribution is 2.49. The van der Waals surface area contributed by atoms with Crippen LogP contribution in [-0.2, 0) is 9.53 Å². The highest BCUT2D eigenvalue weighted by atomic mass is 16.5. The van der Waals surface area contributed by atoms with Crippen LogP contribution in [0.5, 0.6) is 0 Å². The number of Topliss-reactive ketones (excluding diaryl/α,β-unsaturated/α-hetero) is 1. The van der Waals surface area contributed by atoms with E-state index in [4.69, 9.17) is 10.5 Å². The Labute approximate surface area is 184 Å². The van der Waals surface area contributed by atoms with Gasteiger partial charge < -0.3 is 10.5 Å². The molecule has 0 radical (unpaired) electrons. The third-order valence-electron chi connectivity index (χ3n) is 6.56. The molecule has 1 fully saturated rings. The van der Waals surface area contributed by atoms with Crippen LogP contribution in [0.4, 0.5) is 0 Å². The van der Waals surface area contributed by atoms with E-state index in [1.807, 2.05) is 17.1 Å². The van der Waals surface area contributed by atoms with E-state index in [-0.39, 0.29) is 11.2 Å². The van der Waals surface area contributed by atoms with E-state index in [1.165, 1.54) is 5.56 Å². The average Bonchev–Trinajstić information content (AvgIpc) is 2.73. The molecule has 0 spiro atoms. The van der Waals surface area contributed by atoms with Gasteiger partial charge in [-0.1, -0.05) is 52.0 Å². The Morgan fingerprint density at radius 3 is 2.39 bits per heavy atom. The van der Waals surface area contributed by atoms with Crippen molar-refractivity contribution in [2.24, 2.45) is 11.1 Å². The van der Waals surface area contributed by atoms with Gasteiger partial charge in [0.2, 0.25) is 0 Å². The van der Waals surface area contributed by atoms with Crippen molar-refractivity contribution in [3.05, 3.63) is 58.1 Å². The molecule has 2 N–H and O–H groups in total. The number of allylic oxidation sites excluding steroid dienone is 3. The van der Waals surface area contributed by atoms with Crippen LogP contribution in [0.25, 0.3) is 0 Å². The van der Waals surface area contributed by atoms with Crippen molar-refractivity contribution in [1.82, 2.24) is 10.0 Å². The maximum atomic E-state index is 13.5. The number of nitriles is 1. The number of rotatable bonds is 3. The first kappa shape index (κ1) is 21.6.